The summed E-state index contributed by atoms with van der Waals surface area (Å²) in [6.07, 6.45) is 0.662. The third-order valence-electron chi connectivity index (χ3n) is 2.02. The van der Waals surface area contributed by atoms with Crippen molar-refractivity contribution >= 4 is 0 Å². The summed E-state index contributed by atoms with van der Waals surface area (Å²) in [5.74, 6) is 0. The van der Waals surface area contributed by atoms with Crippen molar-refractivity contribution in [3.05, 3.63) is 0 Å². The number of hydrogen-bond acceptors (Lipinski definition) is 3. The van der Waals surface area contributed by atoms with E-state index in [1.807, 2.05) is 0 Å². The molecule has 0 aliphatic carbocycles. The van der Waals surface area contributed by atoms with Crippen LogP contribution < -0.4 is 0 Å². The van der Waals surface area contributed by atoms with E-state index in [-0.39, 0.29) is 0 Å². The standard InChI is InChI=1S/C7H13NO2/c1-8-2-6-4-9-5-7(3-8)10-6/h6-7H,2-5H2,1H3. The molecule has 2 heterocycles. The van der Waals surface area contributed by atoms with Crippen LogP contribution in [-0.2, 0) is 9.47 Å². The van der Waals surface area contributed by atoms with Crippen molar-refractivity contribution in [2.24, 2.45) is 0 Å². The van der Waals surface area contributed by atoms with Gasteiger partial charge in [0.1, 0.15) is 0 Å². The molecule has 58 valence electrons. The SMILES string of the molecule is CN1CC2COCC(C1)O2. The minimum atomic E-state index is 0.331. The molecule has 0 aromatic heterocycles. The van der Waals surface area contributed by atoms with Crippen LogP contribution in [0.4, 0.5) is 0 Å². The number of hydrogen-bond donors (Lipinski definition) is 0. The van der Waals surface area contributed by atoms with Gasteiger partial charge in [0.2, 0.25) is 0 Å². The molecule has 0 aromatic carbocycles. The van der Waals surface area contributed by atoms with Gasteiger partial charge in [-0.1, -0.05) is 0 Å². The molecule has 3 nitrogen and oxygen atoms in total. The molecule has 2 bridgehead atoms. The second kappa shape index (κ2) is 2.49. The van der Waals surface area contributed by atoms with Gasteiger partial charge in [0.15, 0.2) is 0 Å². The van der Waals surface area contributed by atoms with Gasteiger partial charge in [-0.15, -0.1) is 0 Å². The molecule has 0 saturated carbocycles. The van der Waals surface area contributed by atoms with Crippen molar-refractivity contribution in [3.63, 3.8) is 0 Å². The fourth-order valence-corrected chi connectivity index (χ4v) is 1.64. The second-order valence-corrected chi connectivity index (χ2v) is 3.14. The third-order valence-corrected chi connectivity index (χ3v) is 2.02. The minimum absolute atomic E-state index is 0.331. The van der Waals surface area contributed by atoms with Crippen LogP contribution in [0.15, 0.2) is 0 Å². The summed E-state index contributed by atoms with van der Waals surface area (Å²) in [6.45, 7) is 3.61. The van der Waals surface area contributed by atoms with Gasteiger partial charge in [0.05, 0.1) is 25.4 Å². The van der Waals surface area contributed by atoms with E-state index < -0.39 is 0 Å². The van der Waals surface area contributed by atoms with Crippen LogP contribution in [0.5, 0.6) is 0 Å². The van der Waals surface area contributed by atoms with Crippen molar-refractivity contribution in [1.82, 2.24) is 4.90 Å². The molecule has 0 amide bonds. The lowest BCUT2D eigenvalue weighted by Gasteiger charge is -2.39. The van der Waals surface area contributed by atoms with Crippen molar-refractivity contribution in [3.8, 4) is 0 Å². The molecule has 2 unspecified atom stereocenters. The van der Waals surface area contributed by atoms with Gasteiger partial charge in [-0.25, -0.2) is 0 Å². The molecule has 10 heavy (non-hydrogen) atoms. The molecule has 0 N–H and O–H groups in total. The zero-order valence-corrected chi connectivity index (χ0v) is 6.25. The Morgan fingerprint density at radius 2 is 1.80 bits per heavy atom. The van der Waals surface area contributed by atoms with E-state index in [9.17, 15) is 0 Å². The smallest absolute Gasteiger partial charge is 0.0940 e. The van der Waals surface area contributed by atoms with Crippen LogP contribution in [0, 0.1) is 0 Å². The number of nitrogens with zero attached hydrogens (tertiary/aromatic N) is 1. The van der Waals surface area contributed by atoms with E-state index in [1.165, 1.54) is 0 Å². The first kappa shape index (κ1) is 6.58. The second-order valence-electron chi connectivity index (χ2n) is 3.14. The van der Waals surface area contributed by atoms with E-state index in [1.54, 1.807) is 0 Å². The maximum atomic E-state index is 5.63. The van der Waals surface area contributed by atoms with Crippen molar-refractivity contribution in [2.75, 3.05) is 33.4 Å². The Morgan fingerprint density at radius 1 is 1.20 bits per heavy atom. The zero-order chi connectivity index (χ0) is 6.97. The number of morpholine rings is 1. The summed E-state index contributed by atoms with van der Waals surface area (Å²) >= 11 is 0. The molecular formula is C7H13NO2. The van der Waals surface area contributed by atoms with Crippen LogP contribution >= 0.6 is 0 Å². The van der Waals surface area contributed by atoms with Gasteiger partial charge >= 0.3 is 0 Å². The largest absolute Gasteiger partial charge is 0.376 e. The lowest BCUT2D eigenvalue weighted by atomic mass is 10.2. The van der Waals surface area contributed by atoms with E-state index in [4.69, 9.17) is 9.47 Å². The topological polar surface area (TPSA) is 21.7 Å². The van der Waals surface area contributed by atoms with E-state index in [0.29, 0.717) is 12.2 Å². The highest BCUT2D eigenvalue weighted by Crippen LogP contribution is 2.14. The Kier molecular flexibility index (Phi) is 1.64. The average molecular weight is 143 g/mol. The molecule has 0 spiro atoms. The lowest BCUT2D eigenvalue weighted by molar-refractivity contribution is -0.175. The molecule has 0 radical (unpaired) electrons. The number of rotatable bonds is 0. The first-order valence-corrected chi connectivity index (χ1v) is 3.76. The van der Waals surface area contributed by atoms with Crippen LogP contribution in [0.25, 0.3) is 0 Å². The monoisotopic (exact) mass is 143 g/mol. The Hall–Kier alpha value is -0.120. The van der Waals surface area contributed by atoms with Gasteiger partial charge < -0.3 is 14.4 Å². The highest BCUT2D eigenvalue weighted by molar-refractivity contribution is 4.78. The average Bonchev–Trinajstić information content (AvgIpc) is 1.85. The molecule has 2 aliphatic heterocycles. The molecule has 2 rings (SSSR count). The van der Waals surface area contributed by atoms with E-state index in [0.717, 1.165) is 26.3 Å². The lowest BCUT2D eigenvalue weighted by Crippen LogP contribution is -2.52. The Bertz CT molecular complexity index is 113. The molecular weight excluding hydrogens is 130 g/mol. The highest BCUT2D eigenvalue weighted by Gasteiger charge is 2.29. The van der Waals surface area contributed by atoms with Gasteiger partial charge in [-0.3, -0.25) is 0 Å². The molecule has 2 fully saturated rings. The highest BCUT2D eigenvalue weighted by atomic mass is 16.6. The molecule has 3 heteroatoms. The first-order valence-electron chi connectivity index (χ1n) is 3.76. The minimum Gasteiger partial charge on any atom is -0.376 e. The van der Waals surface area contributed by atoms with Gasteiger partial charge in [0, 0.05) is 13.1 Å². The molecule has 0 aromatic rings. The summed E-state index contributed by atoms with van der Waals surface area (Å²) in [5, 5.41) is 0. The van der Waals surface area contributed by atoms with Crippen molar-refractivity contribution in [2.45, 2.75) is 12.2 Å². The predicted molar refractivity (Wildman–Crippen MR) is 37.0 cm³/mol. The van der Waals surface area contributed by atoms with E-state index >= 15 is 0 Å². The van der Waals surface area contributed by atoms with Crippen molar-refractivity contribution in [1.29, 1.82) is 0 Å². The van der Waals surface area contributed by atoms with Crippen LogP contribution in [0.3, 0.4) is 0 Å². The summed E-state index contributed by atoms with van der Waals surface area (Å²) < 4.78 is 11.0. The summed E-state index contributed by atoms with van der Waals surface area (Å²) in [5.41, 5.74) is 0. The molecule has 2 atom stereocenters. The van der Waals surface area contributed by atoms with Crippen LogP contribution in [0.2, 0.25) is 0 Å². The maximum absolute atomic E-state index is 5.63. The summed E-state index contributed by atoms with van der Waals surface area (Å²) in [6, 6.07) is 0. The number of ether oxygens (including phenoxy) is 2. The Morgan fingerprint density at radius 3 is 2.40 bits per heavy atom. The van der Waals surface area contributed by atoms with Gasteiger partial charge in [-0.05, 0) is 7.05 Å². The predicted octanol–water partition coefficient (Wildman–Crippen LogP) is -0.284. The van der Waals surface area contributed by atoms with E-state index in [2.05, 4.69) is 11.9 Å². The van der Waals surface area contributed by atoms with Crippen LogP contribution in [0.1, 0.15) is 0 Å². The molecule has 2 saturated heterocycles. The van der Waals surface area contributed by atoms with Crippen molar-refractivity contribution < 1.29 is 9.47 Å². The maximum Gasteiger partial charge on any atom is 0.0940 e. The van der Waals surface area contributed by atoms with Gasteiger partial charge in [-0.2, -0.15) is 0 Å². The fourth-order valence-electron chi connectivity index (χ4n) is 1.64. The molecule has 2 aliphatic rings. The Balaban J connectivity index is 1.98. The summed E-state index contributed by atoms with van der Waals surface area (Å²) in [7, 11) is 2.13. The fraction of sp³-hybridized carbons (Fsp3) is 1.00. The number of likely N-dealkylation sites (N-methyl/N-ethyl adjacent to an activating group) is 1. The summed E-state index contributed by atoms with van der Waals surface area (Å²) in [4.78, 5) is 2.31. The zero-order valence-electron chi connectivity index (χ0n) is 6.25. The first-order chi connectivity index (χ1) is 4.84. The Labute approximate surface area is 60.9 Å². The number of fused-ring (bicyclic) bond motifs is 2. The normalized spacial score (nSPS) is 41.7. The third kappa shape index (κ3) is 1.17. The van der Waals surface area contributed by atoms with Gasteiger partial charge in [0.25, 0.3) is 0 Å². The quantitative estimate of drug-likeness (QED) is 0.465. The van der Waals surface area contributed by atoms with Crippen LogP contribution in [-0.4, -0.2) is 50.5 Å².